The first-order valence-electron chi connectivity index (χ1n) is 9.66. The standard InChI is InChI=1S/C22H24N4O2/c1-3-10-26-14-19(12-21(26)27)24-22(28)16-6-4-15(5-7-16)17-8-9-20-18(11-17)13-23-25(20)2/h4-9,11,13,19H,3,10,12,14H2,1-2H3,(H,24,28). The van der Waals surface area contributed by atoms with Gasteiger partial charge in [0.05, 0.1) is 17.8 Å². The van der Waals surface area contributed by atoms with E-state index in [4.69, 9.17) is 0 Å². The van der Waals surface area contributed by atoms with Crippen molar-refractivity contribution in [2.45, 2.75) is 25.8 Å². The van der Waals surface area contributed by atoms with Crippen LogP contribution in [-0.2, 0) is 11.8 Å². The summed E-state index contributed by atoms with van der Waals surface area (Å²) in [5.41, 5.74) is 3.83. The van der Waals surface area contributed by atoms with E-state index in [0.29, 0.717) is 18.5 Å². The summed E-state index contributed by atoms with van der Waals surface area (Å²) in [6, 6.07) is 13.7. The molecule has 1 atom stereocenters. The second-order valence-corrected chi connectivity index (χ2v) is 7.33. The van der Waals surface area contributed by atoms with Gasteiger partial charge in [0, 0.05) is 37.5 Å². The summed E-state index contributed by atoms with van der Waals surface area (Å²) < 4.78 is 1.85. The van der Waals surface area contributed by atoms with Crippen molar-refractivity contribution in [2.24, 2.45) is 7.05 Å². The van der Waals surface area contributed by atoms with Crippen molar-refractivity contribution in [3.63, 3.8) is 0 Å². The van der Waals surface area contributed by atoms with E-state index in [1.54, 1.807) is 0 Å². The number of amides is 2. The van der Waals surface area contributed by atoms with Gasteiger partial charge in [-0.1, -0.05) is 25.1 Å². The number of carbonyl (C=O) groups is 2. The minimum Gasteiger partial charge on any atom is -0.347 e. The molecule has 1 saturated heterocycles. The Morgan fingerprint density at radius 1 is 1.18 bits per heavy atom. The third-order valence-corrected chi connectivity index (χ3v) is 5.27. The molecule has 0 radical (unpaired) electrons. The van der Waals surface area contributed by atoms with Crippen molar-refractivity contribution in [3.8, 4) is 11.1 Å². The molecule has 1 fully saturated rings. The van der Waals surface area contributed by atoms with Gasteiger partial charge in [-0.2, -0.15) is 5.10 Å². The van der Waals surface area contributed by atoms with E-state index in [1.165, 1.54) is 0 Å². The van der Waals surface area contributed by atoms with Crippen molar-refractivity contribution in [2.75, 3.05) is 13.1 Å². The van der Waals surface area contributed by atoms with E-state index in [2.05, 4.69) is 28.6 Å². The highest BCUT2D eigenvalue weighted by atomic mass is 16.2. The molecule has 1 unspecified atom stereocenters. The number of rotatable bonds is 5. The Labute approximate surface area is 164 Å². The third kappa shape index (κ3) is 3.50. The van der Waals surface area contributed by atoms with Gasteiger partial charge in [-0.3, -0.25) is 14.3 Å². The number of nitrogens with one attached hydrogen (secondary N) is 1. The molecular weight excluding hydrogens is 352 g/mol. The van der Waals surface area contributed by atoms with Crippen molar-refractivity contribution in [1.82, 2.24) is 20.0 Å². The van der Waals surface area contributed by atoms with Gasteiger partial charge in [0.25, 0.3) is 5.91 Å². The lowest BCUT2D eigenvalue weighted by Gasteiger charge is -2.16. The zero-order valence-electron chi connectivity index (χ0n) is 16.2. The number of hydrogen-bond acceptors (Lipinski definition) is 3. The van der Waals surface area contributed by atoms with E-state index in [9.17, 15) is 9.59 Å². The summed E-state index contributed by atoms with van der Waals surface area (Å²) in [6.07, 6.45) is 3.17. The van der Waals surface area contributed by atoms with Crippen LogP contribution in [0.1, 0.15) is 30.1 Å². The molecule has 6 heteroatoms. The SMILES string of the molecule is CCCN1CC(NC(=O)c2ccc(-c3ccc4c(cnn4C)c3)cc2)CC1=O. The zero-order valence-corrected chi connectivity index (χ0v) is 16.2. The number of nitrogens with zero attached hydrogens (tertiary/aromatic N) is 3. The molecule has 1 N–H and O–H groups in total. The third-order valence-electron chi connectivity index (χ3n) is 5.27. The maximum atomic E-state index is 12.5. The fourth-order valence-corrected chi connectivity index (χ4v) is 3.78. The molecule has 1 aliphatic rings. The molecule has 0 aliphatic carbocycles. The number of hydrogen-bond donors (Lipinski definition) is 1. The maximum absolute atomic E-state index is 12.5. The molecule has 0 spiro atoms. The number of likely N-dealkylation sites (tertiary alicyclic amines) is 1. The number of aryl methyl sites for hydroxylation is 1. The van der Waals surface area contributed by atoms with Gasteiger partial charge < -0.3 is 10.2 Å². The van der Waals surface area contributed by atoms with Crippen LogP contribution in [0.15, 0.2) is 48.7 Å². The van der Waals surface area contributed by atoms with Crippen LogP contribution in [0.5, 0.6) is 0 Å². The normalized spacial score (nSPS) is 16.7. The topological polar surface area (TPSA) is 67.2 Å². The van der Waals surface area contributed by atoms with Crippen LogP contribution in [-0.4, -0.2) is 45.6 Å². The first kappa shape index (κ1) is 18.2. The molecule has 3 aromatic rings. The maximum Gasteiger partial charge on any atom is 0.251 e. The summed E-state index contributed by atoms with van der Waals surface area (Å²) in [5.74, 6) is -0.0151. The number of benzene rings is 2. The van der Waals surface area contributed by atoms with Crippen LogP contribution in [0.4, 0.5) is 0 Å². The molecular formula is C22H24N4O2. The minimum absolute atomic E-state index is 0.112. The van der Waals surface area contributed by atoms with E-state index in [-0.39, 0.29) is 17.9 Å². The van der Waals surface area contributed by atoms with Crippen LogP contribution in [0.25, 0.3) is 22.0 Å². The first-order valence-corrected chi connectivity index (χ1v) is 9.66. The molecule has 144 valence electrons. The lowest BCUT2D eigenvalue weighted by molar-refractivity contribution is -0.127. The fraction of sp³-hybridized carbons (Fsp3) is 0.318. The highest BCUT2D eigenvalue weighted by Gasteiger charge is 2.30. The molecule has 2 aromatic carbocycles. The molecule has 6 nitrogen and oxygen atoms in total. The Kier molecular flexibility index (Phi) is 4.86. The lowest BCUT2D eigenvalue weighted by atomic mass is 10.0. The largest absolute Gasteiger partial charge is 0.347 e. The molecule has 4 rings (SSSR count). The summed E-state index contributed by atoms with van der Waals surface area (Å²) in [5, 5.41) is 8.35. The zero-order chi connectivity index (χ0) is 19.7. The van der Waals surface area contributed by atoms with Gasteiger partial charge in [-0.25, -0.2) is 0 Å². The highest BCUT2D eigenvalue weighted by molar-refractivity contribution is 5.95. The van der Waals surface area contributed by atoms with Crippen LogP contribution in [0.3, 0.4) is 0 Å². The summed E-state index contributed by atoms with van der Waals surface area (Å²) in [7, 11) is 1.93. The van der Waals surface area contributed by atoms with Gasteiger partial charge in [0.2, 0.25) is 5.91 Å². The molecule has 2 amide bonds. The summed E-state index contributed by atoms with van der Waals surface area (Å²) in [6.45, 7) is 3.40. The second kappa shape index (κ2) is 7.46. The van der Waals surface area contributed by atoms with Crippen LogP contribution in [0, 0.1) is 0 Å². The predicted octanol–water partition coefficient (Wildman–Crippen LogP) is 2.98. The number of fused-ring (bicyclic) bond motifs is 1. The van der Waals surface area contributed by atoms with Crippen LogP contribution < -0.4 is 5.32 Å². The van der Waals surface area contributed by atoms with E-state index in [0.717, 1.165) is 35.0 Å². The van der Waals surface area contributed by atoms with Crippen LogP contribution >= 0.6 is 0 Å². The van der Waals surface area contributed by atoms with Gasteiger partial charge in [-0.15, -0.1) is 0 Å². The number of aromatic nitrogens is 2. The Morgan fingerprint density at radius 2 is 1.93 bits per heavy atom. The van der Waals surface area contributed by atoms with Crippen molar-refractivity contribution < 1.29 is 9.59 Å². The fourth-order valence-electron chi connectivity index (χ4n) is 3.78. The van der Waals surface area contributed by atoms with Crippen molar-refractivity contribution in [1.29, 1.82) is 0 Å². The Hall–Kier alpha value is -3.15. The van der Waals surface area contributed by atoms with Gasteiger partial charge in [0.15, 0.2) is 0 Å². The van der Waals surface area contributed by atoms with Crippen molar-refractivity contribution >= 4 is 22.7 Å². The minimum atomic E-state index is -0.134. The van der Waals surface area contributed by atoms with E-state index < -0.39 is 0 Å². The molecule has 2 heterocycles. The monoisotopic (exact) mass is 376 g/mol. The Morgan fingerprint density at radius 3 is 2.68 bits per heavy atom. The molecule has 1 aromatic heterocycles. The first-order chi connectivity index (χ1) is 13.5. The molecule has 0 bridgehead atoms. The van der Waals surface area contributed by atoms with E-state index in [1.807, 2.05) is 54.0 Å². The molecule has 0 saturated carbocycles. The summed E-state index contributed by atoms with van der Waals surface area (Å²) >= 11 is 0. The van der Waals surface area contributed by atoms with E-state index >= 15 is 0 Å². The average molecular weight is 376 g/mol. The van der Waals surface area contributed by atoms with Gasteiger partial charge >= 0.3 is 0 Å². The molecule has 28 heavy (non-hydrogen) atoms. The molecule has 1 aliphatic heterocycles. The lowest BCUT2D eigenvalue weighted by Crippen LogP contribution is -2.37. The second-order valence-electron chi connectivity index (χ2n) is 7.33. The quantitative estimate of drug-likeness (QED) is 0.744. The average Bonchev–Trinajstić information content (AvgIpc) is 3.24. The van der Waals surface area contributed by atoms with Gasteiger partial charge in [-0.05, 0) is 41.8 Å². The highest BCUT2D eigenvalue weighted by Crippen LogP contribution is 2.24. The smallest absolute Gasteiger partial charge is 0.251 e. The predicted molar refractivity (Wildman–Crippen MR) is 109 cm³/mol. The van der Waals surface area contributed by atoms with Crippen LogP contribution in [0.2, 0.25) is 0 Å². The van der Waals surface area contributed by atoms with Gasteiger partial charge in [0.1, 0.15) is 0 Å². The Bertz CT molecular complexity index is 1020. The Balaban J connectivity index is 1.45. The van der Waals surface area contributed by atoms with Crippen molar-refractivity contribution in [3.05, 3.63) is 54.2 Å². The summed E-state index contributed by atoms with van der Waals surface area (Å²) in [4.78, 5) is 26.3. The number of carbonyl (C=O) groups excluding carboxylic acids is 2.